The third-order valence-corrected chi connectivity index (χ3v) is 8.62. The molecule has 0 radical (unpaired) electrons. The van der Waals surface area contributed by atoms with Crippen molar-refractivity contribution >= 4 is 11.7 Å². The van der Waals surface area contributed by atoms with Crippen LogP contribution in [0, 0.1) is 5.92 Å². The lowest BCUT2D eigenvalue weighted by Gasteiger charge is -2.43. The number of carbonyl (C=O) groups is 1. The maximum Gasteiger partial charge on any atom is 0.319 e. The Morgan fingerprint density at radius 2 is 1.47 bits per heavy atom. The monoisotopic (exact) mass is 609 g/mol. The van der Waals surface area contributed by atoms with E-state index in [1.807, 2.05) is 123 Å². The molecule has 4 aromatic rings. The summed E-state index contributed by atoms with van der Waals surface area (Å²) in [6, 6.07) is 34.3. The molecule has 8 nitrogen and oxygen atoms in total. The molecule has 4 aromatic carbocycles. The molecule has 5 rings (SSSR count). The van der Waals surface area contributed by atoms with Crippen molar-refractivity contribution in [1.29, 1.82) is 0 Å². The Balaban J connectivity index is 1.29. The first-order valence-electron chi connectivity index (χ1n) is 15.4. The lowest BCUT2D eigenvalue weighted by atomic mass is 9.89. The molecular formula is C37H43N3O5. The zero-order valence-electron chi connectivity index (χ0n) is 26.0. The molecule has 0 unspecified atom stereocenters. The molecule has 0 aliphatic carbocycles. The molecular weight excluding hydrogens is 566 g/mol. The molecule has 45 heavy (non-hydrogen) atoms. The largest absolute Gasteiger partial charge is 0.392 e. The van der Waals surface area contributed by atoms with Crippen molar-refractivity contribution in [3.05, 3.63) is 137 Å². The molecule has 236 valence electrons. The van der Waals surface area contributed by atoms with Gasteiger partial charge < -0.3 is 30.3 Å². The highest BCUT2D eigenvalue weighted by atomic mass is 16.7. The van der Waals surface area contributed by atoms with E-state index in [1.54, 1.807) is 0 Å². The summed E-state index contributed by atoms with van der Waals surface area (Å²) in [5.74, 6) is -0.000931. The lowest BCUT2D eigenvalue weighted by molar-refractivity contribution is -0.276. The molecule has 1 aliphatic rings. The van der Waals surface area contributed by atoms with E-state index in [0.29, 0.717) is 18.8 Å². The fourth-order valence-corrected chi connectivity index (χ4v) is 5.63. The summed E-state index contributed by atoms with van der Waals surface area (Å²) in [7, 11) is 2.01. The second-order valence-electron chi connectivity index (χ2n) is 11.8. The number of carbonyl (C=O) groups excluding carboxylic acids is 1. The smallest absolute Gasteiger partial charge is 0.319 e. The summed E-state index contributed by atoms with van der Waals surface area (Å²) in [5, 5.41) is 26.4. The van der Waals surface area contributed by atoms with Gasteiger partial charge in [0, 0.05) is 36.3 Å². The number of rotatable bonds is 11. The fourth-order valence-electron chi connectivity index (χ4n) is 5.63. The van der Waals surface area contributed by atoms with E-state index in [2.05, 4.69) is 22.5 Å². The molecule has 6 atom stereocenters. The van der Waals surface area contributed by atoms with Crippen molar-refractivity contribution in [2.45, 2.75) is 57.6 Å². The average molecular weight is 610 g/mol. The number of amides is 2. The van der Waals surface area contributed by atoms with Gasteiger partial charge >= 0.3 is 6.03 Å². The molecule has 1 saturated heterocycles. The molecule has 0 bridgehead atoms. The minimum Gasteiger partial charge on any atom is -0.392 e. The van der Waals surface area contributed by atoms with Gasteiger partial charge in [0.15, 0.2) is 6.29 Å². The third kappa shape index (κ3) is 8.36. The Labute approximate surface area is 265 Å². The number of ether oxygens (including phenoxy) is 2. The summed E-state index contributed by atoms with van der Waals surface area (Å²) in [5.41, 5.74) is 5.23. The number of hydrogen-bond acceptors (Lipinski definition) is 6. The molecule has 1 heterocycles. The van der Waals surface area contributed by atoms with Crippen LogP contribution in [0.4, 0.5) is 10.5 Å². The Hall–Kier alpha value is -4.05. The van der Waals surface area contributed by atoms with Crippen LogP contribution in [0.2, 0.25) is 0 Å². The van der Waals surface area contributed by atoms with Crippen LogP contribution in [0.3, 0.4) is 0 Å². The molecule has 0 spiro atoms. The van der Waals surface area contributed by atoms with Gasteiger partial charge in [-0.3, -0.25) is 4.90 Å². The molecule has 0 aromatic heterocycles. The summed E-state index contributed by atoms with van der Waals surface area (Å²) < 4.78 is 13.2. The van der Waals surface area contributed by atoms with Crippen LogP contribution in [0.5, 0.6) is 0 Å². The van der Waals surface area contributed by atoms with Crippen LogP contribution in [0.15, 0.2) is 109 Å². The standard InChI is InChI=1S/C37H43N3O5/c1-25-33(23-40(3)26(2)34(42)29-12-8-5-9-13-29)44-36(45-35(25)30-16-14-28(24-41)15-17-30)31-18-20-32(21-19-31)39-37(43)38-22-27-10-6-4-7-11-27/h4-21,25-26,33-36,41-42H,22-24H2,1-3H3,(H2,38,39,43)/t25-,26+,33+,34+,35+,36+/m1/s1. The molecule has 2 amide bonds. The predicted octanol–water partition coefficient (Wildman–Crippen LogP) is 6.35. The number of urea groups is 1. The van der Waals surface area contributed by atoms with Gasteiger partial charge in [-0.25, -0.2) is 4.79 Å². The van der Waals surface area contributed by atoms with Gasteiger partial charge in [0.05, 0.1) is 24.9 Å². The van der Waals surface area contributed by atoms with Gasteiger partial charge in [0.1, 0.15) is 0 Å². The second-order valence-corrected chi connectivity index (χ2v) is 11.8. The summed E-state index contributed by atoms with van der Waals surface area (Å²) >= 11 is 0. The minimum absolute atomic E-state index is 0.000931. The highest BCUT2D eigenvalue weighted by Crippen LogP contribution is 2.42. The number of nitrogens with zero attached hydrogens (tertiary/aromatic N) is 1. The minimum atomic E-state index is -0.645. The van der Waals surface area contributed by atoms with E-state index in [1.165, 1.54) is 0 Å². The summed E-state index contributed by atoms with van der Waals surface area (Å²) in [4.78, 5) is 14.6. The number of hydrogen-bond donors (Lipinski definition) is 4. The van der Waals surface area contributed by atoms with Crippen LogP contribution >= 0.6 is 0 Å². The average Bonchev–Trinajstić information content (AvgIpc) is 3.09. The quantitative estimate of drug-likeness (QED) is 0.158. The van der Waals surface area contributed by atoms with Crippen LogP contribution < -0.4 is 10.6 Å². The fraction of sp³-hybridized carbons (Fsp3) is 0.324. The van der Waals surface area contributed by atoms with Crippen molar-refractivity contribution in [3.63, 3.8) is 0 Å². The maximum absolute atomic E-state index is 12.5. The van der Waals surface area contributed by atoms with Gasteiger partial charge in [0.25, 0.3) is 0 Å². The molecule has 8 heteroatoms. The van der Waals surface area contributed by atoms with Crippen LogP contribution in [-0.4, -0.2) is 46.9 Å². The van der Waals surface area contributed by atoms with Crippen LogP contribution in [0.1, 0.15) is 60.2 Å². The SMILES string of the molecule is C[C@@H]1[C@H](CN(C)[C@@H](C)[C@H](O)c2ccccc2)O[C@H](c2ccc(NC(=O)NCc3ccccc3)cc2)O[C@@H]1c1ccc(CO)cc1. The summed E-state index contributed by atoms with van der Waals surface area (Å²) in [6.45, 7) is 5.14. The van der Waals surface area contributed by atoms with Crippen molar-refractivity contribution in [2.75, 3.05) is 18.9 Å². The van der Waals surface area contributed by atoms with Crippen LogP contribution in [0.25, 0.3) is 0 Å². The molecule has 0 saturated carbocycles. The van der Waals surface area contributed by atoms with Gasteiger partial charge in [0.2, 0.25) is 0 Å². The first-order valence-corrected chi connectivity index (χ1v) is 15.4. The molecule has 1 aliphatic heterocycles. The van der Waals surface area contributed by atoms with Gasteiger partial charge in [-0.2, -0.15) is 0 Å². The first kappa shape index (κ1) is 32.3. The van der Waals surface area contributed by atoms with Crippen LogP contribution in [-0.2, 0) is 22.6 Å². The van der Waals surface area contributed by atoms with Crippen molar-refractivity contribution in [3.8, 4) is 0 Å². The van der Waals surface area contributed by atoms with Gasteiger partial charge in [-0.15, -0.1) is 0 Å². The van der Waals surface area contributed by atoms with Gasteiger partial charge in [-0.1, -0.05) is 104 Å². The zero-order valence-corrected chi connectivity index (χ0v) is 26.0. The topological polar surface area (TPSA) is 103 Å². The highest BCUT2D eigenvalue weighted by molar-refractivity contribution is 5.89. The van der Waals surface area contributed by atoms with Gasteiger partial charge in [-0.05, 0) is 48.4 Å². The van der Waals surface area contributed by atoms with E-state index in [4.69, 9.17) is 9.47 Å². The van der Waals surface area contributed by atoms with Crippen molar-refractivity contribution in [1.82, 2.24) is 10.2 Å². The van der Waals surface area contributed by atoms with E-state index >= 15 is 0 Å². The molecule has 1 fully saturated rings. The number of aliphatic hydroxyl groups is 2. The Morgan fingerprint density at radius 3 is 2.11 bits per heavy atom. The number of nitrogens with one attached hydrogen (secondary N) is 2. The number of benzene rings is 4. The Bertz CT molecular complexity index is 1480. The van der Waals surface area contributed by atoms with Crippen molar-refractivity contribution in [2.24, 2.45) is 5.92 Å². The lowest BCUT2D eigenvalue weighted by Crippen LogP contribution is -2.46. The Kier molecular flexibility index (Phi) is 11.0. The maximum atomic E-state index is 12.5. The zero-order chi connectivity index (χ0) is 31.8. The number of aliphatic hydroxyl groups excluding tert-OH is 2. The number of likely N-dealkylation sites (N-methyl/N-ethyl adjacent to an activating group) is 1. The van der Waals surface area contributed by atoms with Crippen molar-refractivity contribution < 1.29 is 24.5 Å². The Morgan fingerprint density at radius 1 is 0.844 bits per heavy atom. The van der Waals surface area contributed by atoms with E-state index in [-0.39, 0.29) is 36.8 Å². The van der Waals surface area contributed by atoms with E-state index in [9.17, 15) is 15.0 Å². The molecule has 4 N–H and O–H groups in total. The van der Waals surface area contributed by atoms with E-state index in [0.717, 1.165) is 27.8 Å². The van der Waals surface area contributed by atoms with E-state index < -0.39 is 12.4 Å². The summed E-state index contributed by atoms with van der Waals surface area (Å²) in [6.07, 6.45) is -1.75. The highest BCUT2D eigenvalue weighted by Gasteiger charge is 2.39. The first-order chi connectivity index (χ1) is 21.8. The third-order valence-electron chi connectivity index (χ3n) is 8.62. The second kappa shape index (κ2) is 15.3. The normalized spacial score (nSPS) is 21.2. The number of anilines is 1. The predicted molar refractivity (Wildman–Crippen MR) is 175 cm³/mol.